The Labute approximate surface area is 103 Å². The Morgan fingerprint density at radius 1 is 0.588 bits per heavy atom. The minimum atomic E-state index is 1.12. The fourth-order valence-corrected chi connectivity index (χ4v) is 1.21. The first-order valence-electron chi connectivity index (χ1n) is 5.57. The molecule has 0 radical (unpaired) electrons. The number of anilines is 2. The van der Waals surface area contributed by atoms with Crippen molar-refractivity contribution in [1.82, 2.24) is 10.9 Å². The molecule has 2 aromatic carbocycles. The Hall–Kier alpha value is -1.84. The van der Waals surface area contributed by atoms with E-state index in [1.165, 1.54) is 0 Å². The first-order valence-corrected chi connectivity index (χ1v) is 5.57. The zero-order chi connectivity index (χ0) is 12.3. The smallest absolute Gasteiger partial charge is 0.0384 e. The molecular formula is C14H19N3. The highest BCUT2D eigenvalue weighted by Crippen LogP contribution is 2.14. The third kappa shape index (κ3) is 5.70. The second kappa shape index (κ2) is 8.33. The summed E-state index contributed by atoms with van der Waals surface area (Å²) in [7, 11) is 3.64. The van der Waals surface area contributed by atoms with Crippen molar-refractivity contribution in [3.05, 3.63) is 60.7 Å². The minimum Gasteiger partial charge on any atom is -0.356 e. The summed E-state index contributed by atoms with van der Waals surface area (Å²) in [6.07, 6.45) is 0. The predicted octanol–water partition coefficient (Wildman–Crippen LogP) is 2.77. The third-order valence-corrected chi connectivity index (χ3v) is 2.09. The lowest BCUT2D eigenvalue weighted by Crippen LogP contribution is -2.21. The molecule has 0 aliphatic carbocycles. The van der Waals surface area contributed by atoms with Crippen molar-refractivity contribution in [1.29, 1.82) is 0 Å². The van der Waals surface area contributed by atoms with Crippen LogP contribution in [0.4, 0.5) is 11.4 Å². The van der Waals surface area contributed by atoms with Crippen molar-refractivity contribution in [3.63, 3.8) is 0 Å². The molecule has 0 aliphatic rings. The molecule has 0 spiro atoms. The molecule has 0 saturated carbocycles. The Bertz CT molecular complexity index is 347. The first kappa shape index (κ1) is 13.2. The van der Waals surface area contributed by atoms with E-state index in [4.69, 9.17) is 0 Å². The highest BCUT2D eigenvalue weighted by molar-refractivity contribution is 5.58. The number of hydrogen-bond acceptors (Lipinski definition) is 3. The average molecular weight is 229 g/mol. The van der Waals surface area contributed by atoms with Gasteiger partial charge >= 0.3 is 0 Å². The summed E-state index contributed by atoms with van der Waals surface area (Å²) in [6.45, 7) is 0. The van der Waals surface area contributed by atoms with Gasteiger partial charge in [-0.05, 0) is 38.4 Å². The van der Waals surface area contributed by atoms with E-state index >= 15 is 0 Å². The lowest BCUT2D eigenvalue weighted by Gasteiger charge is -2.04. The van der Waals surface area contributed by atoms with Crippen LogP contribution in [-0.2, 0) is 0 Å². The van der Waals surface area contributed by atoms with E-state index in [2.05, 4.69) is 16.2 Å². The maximum Gasteiger partial charge on any atom is 0.0384 e. The van der Waals surface area contributed by atoms with Crippen molar-refractivity contribution in [2.75, 3.05) is 19.4 Å². The molecule has 90 valence electrons. The maximum atomic E-state index is 3.30. The summed E-state index contributed by atoms with van der Waals surface area (Å²) in [5.74, 6) is 0. The van der Waals surface area contributed by atoms with Gasteiger partial charge < -0.3 is 5.32 Å². The van der Waals surface area contributed by atoms with Gasteiger partial charge in [-0.2, -0.15) is 0 Å². The normalized spacial score (nSPS) is 9.06. The number of benzene rings is 2. The van der Waals surface area contributed by atoms with Crippen LogP contribution in [0.5, 0.6) is 0 Å². The summed E-state index contributed by atoms with van der Waals surface area (Å²) in [6, 6.07) is 20.3. The predicted molar refractivity (Wildman–Crippen MR) is 74.3 cm³/mol. The molecule has 0 amide bonds. The fraction of sp³-hybridized carbons (Fsp3) is 0.143. The maximum absolute atomic E-state index is 3.30. The number of rotatable bonds is 3. The molecule has 3 nitrogen and oxygen atoms in total. The SMILES string of the molecule is CNNC.c1ccc(Nc2ccccc2)cc1. The summed E-state index contributed by atoms with van der Waals surface area (Å²) in [5.41, 5.74) is 7.60. The molecule has 0 heterocycles. The van der Waals surface area contributed by atoms with E-state index in [1.807, 2.05) is 74.8 Å². The van der Waals surface area contributed by atoms with Gasteiger partial charge in [-0.3, -0.25) is 10.9 Å². The van der Waals surface area contributed by atoms with Crippen LogP contribution in [0, 0.1) is 0 Å². The average Bonchev–Trinajstić information content (AvgIpc) is 2.41. The third-order valence-electron chi connectivity index (χ3n) is 2.09. The van der Waals surface area contributed by atoms with Gasteiger partial charge in [-0.25, -0.2) is 0 Å². The van der Waals surface area contributed by atoms with Gasteiger partial charge in [0.25, 0.3) is 0 Å². The van der Waals surface area contributed by atoms with Crippen LogP contribution in [0.15, 0.2) is 60.7 Å². The van der Waals surface area contributed by atoms with Crippen LogP contribution in [0.2, 0.25) is 0 Å². The van der Waals surface area contributed by atoms with E-state index in [9.17, 15) is 0 Å². The Balaban J connectivity index is 0.000000317. The van der Waals surface area contributed by atoms with Crippen molar-refractivity contribution >= 4 is 11.4 Å². The summed E-state index contributed by atoms with van der Waals surface area (Å²) < 4.78 is 0. The van der Waals surface area contributed by atoms with E-state index < -0.39 is 0 Å². The van der Waals surface area contributed by atoms with Crippen LogP contribution in [-0.4, -0.2) is 14.1 Å². The lowest BCUT2D eigenvalue weighted by molar-refractivity contribution is 0.689. The number of hydrogen-bond donors (Lipinski definition) is 3. The van der Waals surface area contributed by atoms with Crippen molar-refractivity contribution in [2.45, 2.75) is 0 Å². The van der Waals surface area contributed by atoms with Crippen LogP contribution in [0.3, 0.4) is 0 Å². The van der Waals surface area contributed by atoms with Gasteiger partial charge in [-0.15, -0.1) is 0 Å². The Morgan fingerprint density at radius 2 is 0.941 bits per heavy atom. The number of para-hydroxylation sites is 2. The molecule has 3 N–H and O–H groups in total. The first-order chi connectivity index (χ1) is 8.36. The Morgan fingerprint density at radius 3 is 1.24 bits per heavy atom. The van der Waals surface area contributed by atoms with Crippen molar-refractivity contribution in [2.24, 2.45) is 0 Å². The highest BCUT2D eigenvalue weighted by atomic mass is 15.3. The van der Waals surface area contributed by atoms with E-state index in [1.54, 1.807) is 0 Å². The molecule has 3 heteroatoms. The second-order valence-corrected chi connectivity index (χ2v) is 3.36. The minimum absolute atomic E-state index is 1.12. The summed E-state index contributed by atoms with van der Waals surface area (Å²) >= 11 is 0. The molecule has 17 heavy (non-hydrogen) atoms. The highest BCUT2D eigenvalue weighted by Gasteiger charge is 1.89. The van der Waals surface area contributed by atoms with Crippen LogP contribution < -0.4 is 16.2 Å². The van der Waals surface area contributed by atoms with E-state index in [0.29, 0.717) is 0 Å². The van der Waals surface area contributed by atoms with Crippen LogP contribution in [0.25, 0.3) is 0 Å². The van der Waals surface area contributed by atoms with Gasteiger partial charge in [0, 0.05) is 11.4 Å². The quantitative estimate of drug-likeness (QED) is 0.708. The van der Waals surface area contributed by atoms with Crippen molar-refractivity contribution in [3.8, 4) is 0 Å². The summed E-state index contributed by atoms with van der Waals surface area (Å²) in [5, 5.41) is 3.30. The van der Waals surface area contributed by atoms with Gasteiger partial charge in [-0.1, -0.05) is 36.4 Å². The largest absolute Gasteiger partial charge is 0.356 e. The zero-order valence-corrected chi connectivity index (χ0v) is 10.3. The van der Waals surface area contributed by atoms with Crippen LogP contribution >= 0.6 is 0 Å². The van der Waals surface area contributed by atoms with E-state index in [0.717, 1.165) is 11.4 Å². The zero-order valence-electron chi connectivity index (χ0n) is 10.3. The van der Waals surface area contributed by atoms with Crippen molar-refractivity contribution < 1.29 is 0 Å². The molecule has 0 aromatic heterocycles. The Kier molecular flexibility index (Phi) is 6.48. The van der Waals surface area contributed by atoms with E-state index in [-0.39, 0.29) is 0 Å². The molecule has 0 atom stereocenters. The van der Waals surface area contributed by atoms with Gasteiger partial charge in [0.15, 0.2) is 0 Å². The number of nitrogens with one attached hydrogen (secondary N) is 3. The summed E-state index contributed by atoms with van der Waals surface area (Å²) in [4.78, 5) is 0. The topological polar surface area (TPSA) is 36.1 Å². The standard InChI is InChI=1S/C12H11N.C2H8N2/c1-3-7-11(8-4-1)13-12-9-5-2-6-10-12;1-3-4-2/h1-10,13H;3-4H,1-2H3. The monoisotopic (exact) mass is 229 g/mol. The molecule has 0 fully saturated rings. The molecule has 0 unspecified atom stereocenters. The molecule has 0 saturated heterocycles. The second-order valence-electron chi connectivity index (χ2n) is 3.36. The molecule has 0 bridgehead atoms. The molecule has 0 aliphatic heterocycles. The van der Waals surface area contributed by atoms with Gasteiger partial charge in [0.2, 0.25) is 0 Å². The fourth-order valence-electron chi connectivity index (χ4n) is 1.21. The number of hydrazine groups is 1. The molecule has 2 rings (SSSR count). The molecular weight excluding hydrogens is 210 g/mol. The van der Waals surface area contributed by atoms with Gasteiger partial charge in [0.1, 0.15) is 0 Å². The van der Waals surface area contributed by atoms with Gasteiger partial charge in [0.05, 0.1) is 0 Å². The van der Waals surface area contributed by atoms with Crippen LogP contribution in [0.1, 0.15) is 0 Å². The lowest BCUT2D eigenvalue weighted by atomic mass is 10.3. The molecule has 2 aromatic rings.